The Morgan fingerprint density at radius 2 is 2.00 bits per heavy atom. The summed E-state index contributed by atoms with van der Waals surface area (Å²) in [6.45, 7) is 0.00426. The number of carbonyl (C=O) groups is 2. The largest absolute Gasteiger partial charge is 0.481 e. The van der Waals surface area contributed by atoms with Crippen molar-refractivity contribution in [2.24, 2.45) is 0 Å². The number of nitrogens with zero attached hydrogens (tertiary/aromatic N) is 1. The summed E-state index contributed by atoms with van der Waals surface area (Å²) in [6.07, 6.45) is 0.871. The number of aliphatic carboxylic acids is 1. The first-order valence-corrected chi connectivity index (χ1v) is 6.40. The minimum Gasteiger partial charge on any atom is -0.481 e. The van der Waals surface area contributed by atoms with Crippen LogP contribution in [0.5, 0.6) is 0 Å². The van der Waals surface area contributed by atoms with Crippen molar-refractivity contribution in [2.45, 2.75) is 18.7 Å². The molecule has 1 aliphatic heterocycles. The Labute approximate surface area is 120 Å². The highest BCUT2D eigenvalue weighted by atomic mass is 16.4. The lowest BCUT2D eigenvalue weighted by Gasteiger charge is -2.32. The molecule has 1 amide bonds. The van der Waals surface area contributed by atoms with E-state index in [1.165, 1.54) is 6.26 Å². The maximum atomic E-state index is 12.5. The smallest absolute Gasteiger partial charge is 0.308 e. The van der Waals surface area contributed by atoms with Crippen molar-refractivity contribution < 1.29 is 24.2 Å². The number of rotatable bonds is 4. The van der Waals surface area contributed by atoms with E-state index in [9.17, 15) is 14.7 Å². The third-order valence-electron chi connectivity index (χ3n) is 3.57. The number of amides is 1. The van der Waals surface area contributed by atoms with Crippen LogP contribution >= 0.6 is 0 Å². The highest BCUT2D eigenvalue weighted by molar-refractivity contribution is 6.00. The van der Waals surface area contributed by atoms with Gasteiger partial charge in [-0.25, -0.2) is 0 Å². The molecule has 2 aromatic rings. The van der Waals surface area contributed by atoms with Crippen molar-refractivity contribution in [3.8, 4) is 0 Å². The van der Waals surface area contributed by atoms with E-state index in [1.54, 1.807) is 36.4 Å². The predicted octanol–water partition coefficient (Wildman–Crippen LogP) is 1.56. The number of carbonyl (C=O) groups excluding carboxylic acids is 1. The second-order valence-corrected chi connectivity index (χ2v) is 4.90. The van der Waals surface area contributed by atoms with Gasteiger partial charge < -0.3 is 14.6 Å². The summed E-state index contributed by atoms with van der Waals surface area (Å²) in [5, 5.41) is 19.9. The van der Waals surface area contributed by atoms with Crippen LogP contribution in [-0.4, -0.2) is 27.0 Å². The predicted molar refractivity (Wildman–Crippen MR) is 71.2 cm³/mol. The molecule has 3 rings (SSSR count). The Morgan fingerprint density at radius 3 is 2.67 bits per heavy atom. The fraction of sp³-hybridized carbons (Fsp3) is 0.200. The van der Waals surface area contributed by atoms with E-state index in [0.717, 1.165) is 4.90 Å². The van der Waals surface area contributed by atoms with Gasteiger partial charge in [-0.1, -0.05) is 18.2 Å². The van der Waals surface area contributed by atoms with Crippen LogP contribution in [0.3, 0.4) is 0 Å². The summed E-state index contributed by atoms with van der Waals surface area (Å²) in [6, 6.07) is 9.81. The molecule has 1 unspecified atom stereocenters. The van der Waals surface area contributed by atoms with Crippen molar-refractivity contribution in [3.63, 3.8) is 0 Å². The average Bonchev–Trinajstić information content (AvgIpc) is 3.02. The van der Waals surface area contributed by atoms with Crippen LogP contribution in [0.4, 0.5) is 0 Å². The molecule has 2 heterocycles. The van der Waals surface area contributed by atoms with E-state index in [1.807, 2.05) is 0 Å². The molecule has 1 aliphatic rings. The SMILES string of the molecule is O=C(O)CC1(O)c2ccccc2C(=O)N1Cc1ccco1. The van der Waals surface area contributed by atoms with Crippen LogP contribution in [-0.2, 0) is 17.1 Å². The second kappa shape index (κ2) is 4.75. The van der Waals surface area contributed by atoms with E-state index in [0.29, 0.717) is 16.9 Å². The molecule has 6 heteroatoms. The molecule has 0 fully saturated rings. The van der Waals surface area contributed by atoms with Gasteiger partial charge in [0.15, 0.2) is 5.72 Å². The minimum absolute atomic E-state index is 0.00426. The van der Waals surface area contributed by atoms with Crippen LogP contribution < -0.4 is 0 Å². The van der Waals surface area contributed by atoms with Gasteiger partial charge in [-0.05, 0) is 18.2 Å². The zero-order valence-corrected chi connectivity index (χ0v) is 11.0. The molecule has 0 saturated carbocycles. The normalized spacial score (nSPS) is 20.6. The summed E-state index contributed by atoms with van der Waals surface area (Å²) >= 11 is 0. The third kappa shape index (κ3) is 2.09. The maximum absolute atomic E-state index is 12.5. The van der Waals surface area contributed by atoms with E-state index >= 15 is 0 Å². The highest BCUT2D eigenvalue weighted by Crippen LogP contribution is 2.40. The van der Waals surface area contributed by atoms with Gasteiger partial charge in [0.05, 0.1) is 19.2 Å². The molecule has 0 bridgehead atoms. The number of hydrogen-bond donors (Lipinski definition) is 2. The molecule has 21 heavy (non-hydrogen) atoms. The first-order chi connectivity index (χ1) is 10.0. The molecule has 1 aromatic heterocycles. The lowest BCUT2D eigenvalue weighted by Crippen LogP contribution is -2.44. The fourth-order valence-corrected chi connectivity index (χ4v) is 2.64. The van der Waals surface area contributed by atoms with Gasteiger partial charge in [0.2, 0.25) is 0 Å². The van der Waals surface area contributed by atoms with Gasteiger partial charge in [0, 0.05) is 11.1 Å². The van der Waals surface area contributed by atoms with Gasteiger partial charge >= 0.3 is 5.97 Å². The van der Waals surface area contributed by atoms with Gasteiger partial charge in [-0.3, -0.25) is 14.5 Å². The summed E-state index contributed by atoms with van der Waals surface area (Å²) < 4.78 is 5.19. The summed E-state index contributed by atoms with van der Waals surface area (Å²) in [5.41, 5.74) is -1.25. The number of benzene rings is 1. The summed E-state index contributed by atoms with van der Waals surface area (Å²) in [4.78, 5) is 24.7. The number of carboxylic acids is 1. The molecular weight excluding hydrogens is 274 g/mol. The Bertz CT molecular complexity index is 694. The van der Waals surface area contributed by atoms with Crippen LogP contribution in [0, 0.1) is 0 Å². The molecule has 0 aliphatic carbocycles. The standard InChI is InChI=1S/C15H13NO5/c17-13(18)8-15(20)12-6-2-1-5-11(12)14(19)16(15)9-10-4-3-7-21-10/h1-7,20H,8-9H2,(H,17,18). The Morgan fingerprint density at radius 1 is 1.24 bits per heavy atom. The molecular formula is C15H13NO5. The van der Waals surface area contributed by atoms with Crippen LogP contribution in [0.2, 0.25) is 0 Å². The van der Waals surface area contributed by atoms with Crippen LogP contribution in [0.25, 0.3) is 0 Å². The van der Waals surface area contributed by atoms with E-state index < -0.39 is 24.0 Å². The Hall–Kier alpha value is -2.60. The number of hydrogen-bond acceptors (Lipinski definition) is 4. The summed E-state index contributed by atoms with van der Waals surface area (Å²) in [5.74, 6) is -1.13. The molecule has 0 spiro atoms. The molecule has 6 nitrogen and oxygen atoms in total. The van der Waals surface area contributed by atoms with Crippen molar-refractivity contribution in [1.82, 2.24) is 4.90 Å². The molecule has 0 saturated heterocycles. The first-order valence-electron chi connectivity index (χ1n) is 6.40. The van der Waals surface area contributed by atoms with Gasteiger partial charge in [-0.15, -0.1) is 0 Å². The Kier molecular flexibility index (Phi) is 3.03. The molecule has 0 radical (unpaired) electrons. The molecule has 108 valence electrons. The second-order valence-electron chi connectivity index (χ2n) is 4.90. The maximum Gasteiger partial charge on any atom is 0.308 e. The van der Waals surface area contributed by atoms with Gasteiger partial charge in [0.1, 0.15) is 5.76 Å². The number of fused-ring (bicyclic) bond motifs is 1. The van der Waals surface area contributed by atoms with Crippen LogP contribution in [0.15, 0.2) is 47.1 Å². The zero-order chi connectivity index (χ0) is 15.0. The first kappa shape index (κ1) is 13.4. The van der Waals surface area contributed by atoms with Crippen molar-refractivity contribution in [1.29, 1.82) is 0 Å². The minimum atomic E-state index is -1.87. The van der Waals surface area contributed by atoms with Crippen LogP contribution in [0.1, 0.15) is 28.1 Å². The lowest BCUT2D eigenvalue weighted by molar-refractivity contribution is -0.153. The monoisotopic (exact) mass is 287 g/mol. The number of carboxylic acid groups (broad SMARTS) is 1. The lowest BCUT2D eigenvalue weighted by atomic mass is 9.98. The topological polar surface area (TPSA) is 91.0 Å². The van der Waals surface area contributed by atoms with Crippen molar-refractivity contribution >= 4 is 11.9 Å². The third-order valence-corrected chi connectivity index (χ3v) is 3.57. The fourth-order valence-electron chi connectivity index (χ4n) is 2.64. The zero-order valence-electron chi connectivity index (χ0n) is 11.0. The number of furan rings is 1. The molecule has 1 aromatic carbocycles. The summed E-state index contributed by atoms with van der Waals surface area (Å²) in [7, 11) is 0. The Balaban J connectivity index is 2.05. The van der Waals surface area contributed by atoms with E-state index in [4.69, 9.17) is 9.52 Å². The van der Waals surface area contributed by atoms with Crippen molar-refractivity contribution in [2.75, 3.05) is 0 Å². The van der Waals surface area contributed by atoms with E-state index in [2.05, 4.69) is 0 Å². The quantitative estimate of drug-likeness (QED) is 0.890. The highest BCUT2D eigenvalue weighted by Gasteiger charge is 2.49. The number of aliphatic hydroxyl groups is 1. The van der Waals surface area contributed by atoms with Gasteiger partial charge in [-0.2, -0.15) is 0 Å². The average molecular weight is 287 g/mol. The molecule has 1 atom stereocenters. The molecule has 2 N–H and O–H groups in total. The van der Waals surface area contributed by atoms with Gasteiger partial charge in [0.25, 0.3) is 5.91 Å². The van der Waals surface area contributed by atoms with Crippen molar-refractivity contribution in [3.05, 3.63) is 59.5 Å². The van der Waals surface area contributed by atoms with E-state index in [-0.39, 0.29) is 6.54 Å².